The predicted octanol–water partition coefficient (Wildman–Crippen LogP) is 3.36. The molecule has 1 N–H and O–H groups in total. The van der Waals surface area contributed by atoms with Crippen LogP contribution in [0.15, 0.2) is 46.2 Å². The standard InChI is InChI=1S/C13H9BCl2O2S/c15-9-2-4-13(12(16)5-9)19-10-3-1-8-7-18-14(17)11(8)6-10/h1-6,17H,7H2. The van der Waals surface area contributed by atoms with Crippen molar-refractivity contribution < 1.29 is 9.68 Å². The van der Waals surface area contributed by atoms with Gasteiger partial charge in [-0.15, -0.1) is 0 Å². The normalized spacial score (nSPS) is 13.7. The van der Waals surface area contributed by atoms with Crippen molar-refractivity contribution in [2.45, 2.75) is 16.4 Å². The van der Waals surface area contributed by atoms with Crippen LogP contribution in [0.4, 0.5) is 0 Å². The zero-order valence-corrected chi connectivity index (χ0v) is 12.1. The van der Waals surface area contributed by atoms with Crippen LogP contribution in [0.2, 0.25) is 10.0 Å². The summed E-state index contributed by atoms with van der Waals surface area (Å²) in [5.74, 6) is 0. The third kappa shape index (κ3) is 2.78. The Kier molecular flexibility index (Phi) is 3.78. The minimum atomic E-state index is -0.823. The number of hydrogen-bond acceptors (Lipinski definition) is 3. The zero-order valence-electron chi connectivity index (χ0n) is 9.77. The molecule has 3 rings (SSSR count). The second-order valence-corrected chi connectivity index (χ2v) is 6.16. The third-order valence-electron chi connectivity index (χ3n) is 2.90. The fourth-order valence-corrected chi connectivity index (χ4v) is 3.33. The Hall–Kier alpha value is -0.645. The van der Waals surface area contributed by atoms with Gasteiger partial charge in [0.2, 0.25) is 0 Å². The fraction of sp³-hybridized carbons (Fsp3) is 0.0769. The molecular formula is C13H9BCl2O2S. The lowest BCUT2D eigenvalue weighted by molar-refractivity contribution is 0.275. The number of halogens is 2. The molecule has 6 heteroatoms. The number of fused-ring (bicyclic) bond motifs is 1. The lowest BCUT2D eigenvalue weighted by Gasteiger charge is -2.06. The van der Waals surface area contributed by atoms with Gasteiger partial charge in [-0.05, 0) is 41.4 Å². The Morgan fingerprint density at radius 3 is 2.79 bits per heavy atom. The Morgan fingerprint density at radius 2 is 2.00 bits per heavy atom. The van der Waals surface area contributed by atoms with Crippen LogP contribution in [0.25, 0.3) is 0 Å². The first-order valence-corrected chi connectivity index (χ1v) is 7.26. The van der Waals surface area contributed by atoms with Gasteiger partial charge in [-0.2, -0.15) is 0 Å². The van der Waals surface area contributed by atoms with Gasteiger partial charge in [-0.1, -0.05) is 41.0 Å². The molecule has 0 unspecified atom stereocenters. The first-order chi connectivity index (χ1) is 9.13. The van der Waals surface area contributed by atoms with Gasteiger partial charge in [0.05, 0.1) is 11.6 Å². The van der Waals surface area contributed by atoms with Crippen molar-refractivity contribution in [1.82, 2.24) is 0 Å². The Bertz CT molecular complexity index is 636. The van der Waals surface area contributed by atoms with E-state index in [0.29, 0.717) is 16.7 Å². The minimum Gasteiger partial charge on any atom is -0.423 e. The van der Waals surface area contributed by atoms with Crippen molar-refractivity contribution in [1.29, 1.82) is 0 Å². The lowest BCUT2D eigenvalue weighted by atomic mass is 9.80. The molecule has 2 aromatic carbocycles. The van der Waals surface area contributed by atoms with Gasteiger partial charge in [0, 0.05) is 14.8 Å². The van der Waals surface area contributed by atoms with E-state index < -0.39 is 7.12 Å². The monoisotopic (exact) mass is 310 g/mol. The molecule has 2 nitrogen and oxygen atoms in total. The van der Waals surface area contributed by atoms with Crippen LogP contribution in [0, 0.1) is 0 Å². The smallest absolute Gasteiger partial charge is 0.423 e. The highest BCUT2D eigenvalue weighted by Crippen LogP contribution is 2.34. The molecule has 19 heavy (non-hydrogen) atoms. The molecule has 0 spiro atoms. The SMILES string of the molecule is OB1OCc2ccc(Sc3ccc(Cl)cc3Cl)cc21. The van der Waals surface area contributed by atoms with Gasteiger partial charge in [0.1, 0.15) is 0 Å². The maximum absolute atomic E-state index is 9.69. The summed E-state index contributed by atoms with van der Waals surface area (Å²) in [5, 5.41) is 10.9. The minimum absolute atomic E-state index is 0.461. The van der Waals surface area contributed by atoms with Crippen LogP contribution < -0.4 is 5.46 Å². The average molecular weight is 311 g/mol. The molecule has 0 fully saturated rings. The van der Waals surface area contributed by atoms with Gasteiger partial charge >= 0.3 is 7.12 Å². The first kappa shape index (κ1) is 13.3. The molecule has 0 atom stereocenters. The van der Waals surface area contributed by atoms with Crippen molar-refractivity contribution in [2.75, 3.05) is 0 Å². The van der Waals surface area contributed by atoms with Crippen LogP contribution in [-0.4, -0.2) is 12.1 Å². The van der Waals surface area contributed by atoms with Gasteiger partial charge < -0.3 is 9.68 Å². The summed E-state index contributed by atoms with van der Waals surface area (Å²) in [4.78, 5) is 1.94. The number of benzene rings is 2. The average Bonchev–Trinajstić information content (AvgIpc) is 2.75. The van der Waals surface area contributed by atoms with Gasteiger partial charge in [-0.25, -0.2) is 0 Å². The van der Waals surface area contributed by atoms with E-state index in [1.165, 1.54) is 11.8 Å². The summed E-state index contributed by atoms with van der Waals surface area (Å²) in [7, 11) is -0.823. The zero-order chi connectivity index (χ0) is 13.4. The molecule has 0 radical (unpaired) electrons. The molecule has 1 aliphatic heterocycles. The summed E-state index contributed by atoms with van der Waals surface area (Å²) in [5.41, 5.74) is 1.86. The first-order valence-electron chi connectivity index (χ1n) is 5.69. The van der Waals surface area contributed by atoms with Gasteiger partial charge in [-0.3, -0.25) is 0 Å². The van der Waals surface area contributed by atoms with Crippen molar-refractivity contribution in [2.24, 2.45) is 0 Å². The summed E-state index contributed by atoms with van der Waals surface area (Å²) in [6.45, 7) is 0.461. The van der Waals surface area contributed by atoms with E-state index in [4.69, 9.17) is 27.9 Å². The Morgan fingerprint density at radius 1 is 1.16 bits per heavy atom. The molecule has 0 saturated carbocycles. The molecule has 1 heterocycles. The lowest BCUT2D eigenvalue weighted by Crippen LogP contribution is -2.27. The number of rotatable bonds is 2. The fourth-order valence-electron chi connectivity index (χ4n) is 1.94. The molecular weight excluding hydrogens is 302 g/mol. The summed E-state index contributed by atoms with van der Waals surface area (Å²) in [6.07, 6.45) is 0. The van der Waals surface area contributed by atoms with Crippen molar-refractivity contribution in [3.05, 3.63) is 52.0 Å². The Balaban J connectivity index is 1.90. The maximum atomic E-state index is 9.69. The van der Waals surface area contributed by atoms with E-state index in [9.17, 15) is 5.02 Å². The molecule has 0 aliphatic carbocycles. The molecule has 1 aliphatic rings. The molecule has 2 aromatic rings. The van der Waals surface area contributed by atoms with Gasteiger partial charge in [0.15, 0.2) is 0 Å². The van der Waals surface area contributed by atoms with E-state index in [0.717, 1.165) is 20.8 Å². The molecule has 0 aromatic heterocycles. The van der Waals surface area contributed by atoms with Crippen molar-refractivity contribution >= 4 is 47.5 Å². The van der Waals surface area contributed by atoms with Gasteiger partial charge in [0.25, 0.3) is 0 Å². The third-order valence-corrected chi connectivity index (χ3v) is 4.63. The molecule has 96 valence electrons. The quantitative estimate of drug-likeness (QED) is 0.863. The summed E-state index contributed by atoms with van der Waals surface area (Å²) >= 11 is 13.6. The highest BCUT2D eigenvalue weighted by molar-refractivity contribution is 7.99. The Labute approximate surface area is 125 Å². The topological polar surface area (TPSA) is 29.5 Å². The highest BCUT2D eigenvalue weighted by Gasteiger charge is 2.27. The van der Waals surface area contributed by atoms with E-state index in [1.807, 2.05) is 24.3 Å². The largest absolute Gasteiger partial charge is 0.491 e. The second-order valence-electron chi connectivity index (χ2n) is 4.20. The van der Waals surface area contributed by atoms with Crippen LogP contribution in [0.1, 0.15) is 5.56 Å². The van der Waals surface area contributed by atoms with Crippen LogP contribution in [0.5, 0.6) is 0 Å². The maximum Gasteiger partial charge on any atom is 0.491 e. The van der Waals surface area contributed by atoms with E-state index in [2.05, 4.69) is 0 Å². The van der Waals surface area contributed by atoms with E-state index in [1.54, 1.807) is 12.1 Å². The summed E-state index contributed by atoms with van der Waals surface area (Å²) < 4.78 is 5.17. The molecule has 0 bridgehead atoms. The second kappa shape index (κ2) is 5.39. The molecule has 0 saturated heterocycles. The predicted molar refractivity (Wildman–Crippen MR) is 79.4 cm³/mol. The molecule has 0 amide bonds. The van der Waals surface area contributed by atoms with E-state index in [-0.39, 0.29) is 0 Å². The van der Waals surface area contributed by atoms with Crippen molar-refractivity contribution in [3.63, 3.8) is 0 Å². The van der Waals surface area contributed by atoms with Crippen LogP contribution in [0.3, 0.4) is 0 Å². The van der Waals surface area contributed by atoms with Crippen molar-refractivity contribution in [3.8, 4) is 0 Å². The van der Waals surface area contributed by atoms with E-state index >= 15 is 0 Å². The van der Waals surface area contributed by atoms with Crippen LogP contribution in [-0.2, 0) is 11.3 Å². The highest BCUT2D eigenvalue weighted by atomic mass is 35.5. The van der Waals surface area contributed by atoms with Crippen LogP contribution >= 0.6 is 35.0 Å². The number of hydrogen-bond donors (Lipinski definition) is 1. The summed E-state index contributed by atoms with van der Waals surface area (Å²) in [6, 6.07) is 11.3.